The van der Waals surface area contributed by atoms with E-state index in [0.717, 1.165) is 13.0 Å². The molecule has 0 bridgehead atoms. The fourth-order valence-corrected chi connectivity index (χ4v) is 1.63. The summed E-state index contributed by atoms with van der Waals surface area (Å²) in [5.74, 6) is -0.854. The second-order valence-electron chi connectivity index (χ2n) is 5.18. The van der Waals surface area contributed by atoms with Crippen molar-refractivity contribution in [2.75, 3.05) is 27.2 Å². The summed E-state index contributed by atoms with van der Waals surface area (Å²) in [6, 6.07) is 0. The van der Waals surface area contributed by atoms with Crippen LogP contribution in [0.2, 0.25) is 0 Å². The van der Waals surface area contributed by atoms with Gasteiger partial charge in [-0.15, -0.1) is 0 Å². The number of carboxylic acid groups (broad SMARTS) is 1. The van der Waals surface area contributed by atoms with Gasteiger partial charge in [0.05, 0.1) is 6.42 Å². The molecule has 0 spiro atoms. The van der Waals surface area contributed by atoms with Gasteiger partial charge < -0.3 is 15.3 Å². The van der Waals surface area contributed by atoms with Crippen molar-refractivity contribution in [2.24, 2.45) is 5.41 Å². The van der Waals surface area contributed by atoms with E-state index in [9.17, 15) is 9.59 Å². The molecule has 0 saturated heterocycles. The maximum atomic E-state index is 11.8. The summed E-state index contributed by atoms with van der Waals surface area (Å²) in [7, 11) is 3.63. The van der Waals surface area contributed by atoms with Crippen molar-refractivity contribution < 1.29 is 14.7 Å². The lowest BCUT2D eigenvalue weighted by atomic mass is 9.85. The summed E-state index contributed by atoms with van der Waals surface area (Å²) in [6.07, 6.45) is 1.19. The van der Waals surface area contributed by atoms with Crippen molar-refractivity contribution in [1.82, 2.24) is 10.2 Å². The summed E-state index contributed by atoms with van der Waals surface area (Å²) < 4.78 is 0. The van der Waals surface area contributed by atoms with Crippen LogP contribution in [0.15, 0.2) is 0 Å². The maximum Gasteiger partial charge on any atom is 0.303 e. The Balaban J connectivity index is 4.09. The largest absolute Gasteiger partial charge is 0.481 e. The number of nitrogens with one attached hydrogen (secondary N) is 1. The minimum absolute atomic E-state index is 0.00681. The quantitative estimate of drug-likeness (QED) is 0.624. The van der Waals surface area contributed by atoms with Crippen molar-refractivity contribution in [2.45, 2.75) is 33.1 Å². The van der Waals surface area contributed by atoms with Gasteiger partial charge in [-0.05, 0) is 25.4 Å². The minimum Gasteiger partial charge on any atom is -0.481 e. The van der Waals surface area contributed by atoms with Crippen molar-refractivity contribution in [1.29, 1.82) is 0 Å². The van der Waals surface area contributed by atoms with Crippen LogP contribution in [0.3, 0.4) is 0 Å². The Bertz CT molecular complexity index is 264. The van der Waals surface area contributed by atoms with Gasteiger partial charge in [0, 0.05) is 20.0 Å². The molecule has 0 unspecified atom stereocenters. The molecule has 2 N–H and O–H groups in total. The molecule has 17 heavy (non-hydrogen) atoms. The number of aliphatic carboxylic acids is 1. The topological polar surface area (TPSA) is 69.6 Å². The van der Waals surface area contributed by atoms with Gasteiger partial charge in [0.1, 0.15) is 0 Å². The first-order valence-electron chi connectivity index (χ1n) is 5.89. The SMILES string of the molecule is CNCCCN(C)C(=O)CC(C)(C)CC(=O)O. The number of hydrogen-bond donors (Lipinski definition) is 2. The number of rotatable bonds is 8. The zero-order valence-corrected chi connectivity index (χ0v) is 11.2. The molecule has 0 fully saturated rings. The molecule has 0 aromatic carbocycles. The fraction of sp³-hybridized carbons (Fsp3) is 0.833. The van der Waals surface area contributed by atoms with Crippen LogP contribution >= 0.6 is 0 Å². The zero-order valence-electron chi connectivity index (χ0n) is 11.2. The Morgan fingerprint density at radius 3 is 2.35 bits per heavy atom. The lowest BCUT2D eigenvalue weighted by Crippen LogP contribution is -2.33. The standard InChI is InChI=1S/C12H24N2O3/c1-12(2,9-11(16)17)8-10(15)14(4)7-5-6-13-3/h13H,5-9H2,1-4H3,(H,16,17). The maximum absolute atomic E-state index is 11.8. The summed E-state index contributed by atoms with van der Waals surface area (Å²) in [5, 5.41) is 11.8. The van der Waals surface area contributed by atoms with Crippen LogP contribution in [-0.2, 0) is 9.59 Å². The van der Waals surface area contributed by atoms with Crippen LogP contribution in [0.25, 0.3) is 0 Å². The fourth-order valence-electron chi connectivity index (χ4n) is 1.63. The summed E-state index contributed by atoms with van der Waals surface area (Å²) in [4.78, 5) is 24.2. The van der Waals surface area contributed by atoms with Crippen molar-refractivity contribution in [3.63, 3.8) is 0 Å². The molecule has 100 valence electrons. The first kappa shape index (κ1) is 15.9. The molecule has 0 saturated carbocycles. The van der Waals surface area contributed by atoms with Gasteiger partial charge in [-0.2, -0.15) is 0 Å². The monoisotopic (exact) mass is 244 g/mol. The average Bonchev–Trinajstić information content (AvgIpc) is 2.14. The molecule has 5 nitrogen and oxygen atoms in total. The molecule has 5 heteroatoms. The van der Waals surface area contributed by atoms with Crippen molar-refractivity contribution >= 4 is 11.9 Å². The van der Waals surface area contributed by atoms with Gasteiger partial charge in [-0.3, -0.25) is 9.59 Å². The molecule has 0 atom stereocenters. The number of carbonyl (C=O) groups excluding carboxylic acids is 1. The van der Waals surface area contributed by atoms with Gasteiger partial charge in [0.15, 0.2) is 0 Å². The lowest BCUT2D eigenvalue weighted by molar-refractivity contribution is -0.140. The predicted molar refractivity (Wildman–Crippen MR) is 66.8 cm³/mol. The third-order valence-corrected chi connectivity index (χ3v) is 2.61. The van der Waals surface area contributed by atoms with Crippen molar-refractivity contribution in [3.8, 4) is 0 Å². The Morgan fingerprint density at radius 2 is 1.88 bits per heavy atom. The molecule has 0 radical (unpaired) electrons. The van der Waals surface area contributed by atoms with E-state index in [2.05, 4.69) is 5.32 Å². The van der Waals surface area contributed by atoms with E-state index in [4.69, 9.17) is 5.11 Å². The highest BCUT2D eigenvalue weighted by atomic mass is 16.4. The Hall–Kier alpha value is -1.10. The number of amides is 1. The van der Waals surface area contributed by atoms with Crippen LogP contribution in [0.4, 0.5) is 0 Å². The van der Waals surface area contributed by atoms with Gasteiger partial charge in [-0.25, -0.2) is 0 Å². The van der Waals surface area contributed by atoms with E-state index in [0.29, 0.717) is 6.54 Å². The number of carbonyl (C=O) groups is 2. The van der Waals surface area contributed by atoms with Crippen LogP contribution in [-0.4, -0.2) is 49.1 Å². The molecule has 0 aromatic rings. The molecule has 0 aliphatic heterocycles. The Kier molecular flexibility index (Phi) is 6.80. The molecule has 0 aromatic heterocycles. The first-order chi connectivity index (χ1) is 7.78. The number of hydrogen-bond acceptors (Lipinski definition) is 3. The van der Waals surface area contributed by atoms with E-state index in [-0.39, 0.29) is 18.7 Å². The molecule has 0 rings (SSSR count). The molecule has 0 aliphatic rings. The summed E-state index contributed by atoms with van der Waals surface area (Å²) >= 11 is 0. The molecule has 1 amide bonds. The third kappa shape index (κ3) is 7.74. The van der Waals surface area contributed by atoms with Crippen LogP contribution < -0.4 is 5.32 Å². The van der Waals surface area contributed by atoms with Gasteiger partial charge in [-0.1, -0.05) is 13.8 Å². The van der Waals surface area contributed by atoms with Crippen LogP contribution in [0, 0.1) is 5.41 Å². The second-order valence-corrected chi connectivity index (χ2v) is 5.18. The minimum atomic E-state index is -0.861. The van der Waals surface area contributed by atoms with Crippen LogP contribution in [0.1, 0.15) is 33.1 Å². The molecule has 0 heterocycles. The molecular weight excluding hydrogens is 220 g/mol. The predicted octanol–water partition coefficient (Wildman–Crippen LogP) is 0.945. The third-order valence-electron chi connectivity index (χ3n) is 2.61. The van der Waals surface area contributed by atoms with E-state index in [1.165, 1.54) is 0 Å². The van der Waals surface area contributed by atoms with E-state index in [1.807, 2.05) is 7.05 Å². The van der Waals surface area contributed by atoms with E-state index >= 15 is 0 Å². The second kappa shape index (κ2) is 7.27. The van der Waals surface area contributed by atoms with Crippen LogP contribution in [0.5, 0.6) is 0 Å². The van der Waals surface area contributed by atoms with E-state index in [1.54, 1.807) is 25.8 Å². The normalized spacial score (nSPS) is 11.3. The zero-order chi connectivity index (χ0) is 13.5. The molecule has 0 aliphatic carbocycles. The summed E-state index contributed by atoms with van der Waals surface area (Å²) in [5.41, 5.74) is -0.486. The van der Waals surface area contributed by atoms with Gasteiger partial charge in [0.2, 0.25) is 5.91 Å². The Labute approximate surface area is 103 Å². The lowest BCUT2D eigenvalue weighted by Gasteiger charge is -2.25. The highest BCUT2D eigenvalue weighted by Gasteiger charge is 2.26. The highest BCUT2D eigenvalue weighted by molar-refractivity contribution is 5.77. The highest BCUT2D eigenvalue weighted by Crippen LogP contribution is 2.25. The smallest absolute Gasteiger partial charge is 0.303 e. The van der Waals surface area contributed by atoms with E-state index < -0.39 is 11.4 Å². The first-order valence-corrected chi connectivity index (χ1v) is 5.89. The molecular formula is C12H24N2O3. The number of carboxylic acids is 1. The Morgan fingerprint density at radius 1 is 1.29 bits per heavy atom. The van der Waals surface area contributed by atoms with Gasteiger partial charge >= 0.3 is 5.97 Å². The average molecular weight is 244 g/mol. The van der Waals surface area contributed by atoms with Gasteiger partial charge in [0.25, 0.3) is 0 Å². The van der Waals surface area contributed by atoms with Crippen molar-refractivity contribution in [3.05, 3.63) is 0 Å². The number of nitrogens with zero attached hydrogens (tertiary/aromatic N) is 1. The summed E-state index contributed by atoms with van der Waals surface area (Å²) in [6.45, 7) is 5.18.